The molecule has 1 aromatic carbocycles. The Bertz CT molecular complexity index is 856. The molecule has 0 fully saturated rings. The molecule has 0 radical (unpaired) electrons. The van der Waals surface area contributed by atoms with Gasteiger partial charge in [-0.3, -0.25) is 0 Å². The Kier molecular flexibility index (Phi) is 3.51. The molecule has 0 saturated heterocycles. The predicted octanol–water partition coefficient (Wildman–Crippen LogP) is 5.28. The summed E-state index contributed by atoms with van der Waals surface area (Å²) in [6, 6.07) is 6.00. The summed E-state index contributed by atoms with van der Waals surface area (Å²) in [5.41, 5.74) is 3.48. The standard InChI is InChI=1S/C17H16ClN3S/c1-10-6-7-11(8-13(10)18)21-16-15-12-4-2-3-5-14(12)22-17(15)20-9-19-16/h6-9H,2-5H2,1H3,(H,19,20,21). The Morgan fingerprint density at radius 3 is 2.91 bits per heavy atom. The zero-order chi connectivity index (χ0) is 15.1. The number of benzene rings is 1. The number of aryl methyl sites for hydroxylation is 3. The minimum absolute atomic E-state index is 0.766. The third kappa shape index (κ3) is 2.36. The number of hydrogen-bond donors (Lipinski definition) is 1. The van der Waals surface area contributed by atoms with Crippen LogP contribution in [0.4, 0.5) is 11.5 Å². The number of fused-ring (bicyclic) bond motifs is 3. The fourth-order valence-corrected chi connectivity index (χ4v) is 4.40. The van der Waals surface area contributed by atoms with Gasteiger partial charge in [0, 0.05) is 15.6 Å². The van der Waals surface area contributed by atoms with E-state index in [4.69, 9.17) is 11.6 Å². The summed E-state index contributed by atoms with van der Waals surface area (Å²) < 4.78 is 0. The van der Waals surface area contributed by atoms with Gasteiger partial charge in [-0.1, -0.05) is 17.7 Å². The van der Waals surface area contributed by atoms with Crippen molar-refractivity contribution in [1.82, 2.24) is 9.97 Å². The van der Waals surface area contributed by atoms with Crippen molar-refractivity contribution in [3.05, 3.63) is 45.6 Å². The lowest BCUT2D eigenvalue weighted by Gasteiger charge is -2.12. The zero-order valence-electron chi connectivity index (χ0n) is 12.3. The van der Waals surface area contributed by atoms with Crippen LogP contribution in [0.1, 0.15) is 28.8 Å². The first kappa shape index (κ1) is 14.0. The van der Waals surface area contributed by atoms with Crippen molar-refractivity contribution >= 4 is 44.7 Å². The zero-order valence-corrected chi connectivity index (χ0v) is 13.9. The van der Waals surface area contributed by atoms with Crippen molar-refractivity contribution in [2.45, 2.75) is 32.6 Å². The Hall–Kier alpha value is -1.65. The van der Waals surface area contributed by atoms with Gasteiger partial charge >= 0.3 is 0 Å². The van der Waals surface area contributed by atoms with Gasteiger partial charge in [-0.25, -0.2) is 9.97 Å². The van der Waals surface area contributed by atoms with Gasteiger partial charge in [-0.2, -0.15) is 0 Å². The highest BCUT2D eigenvalue weighted by Gasteiger charge is 2.19. The molecule has 1 aliphatic carbocycles. The number of aromatic nitrogens is 2. The van der Waals surface area contributed by atoms with E-state index in [0.29, 0.717) is 0 Å². The minimum atomic E-state index is 0.766. The van der Waals surface area contributed by atoms with Gasteiger partial charge in [-0.15, -0.1) is 11.3 Å². The lowest BCUT2D eigenvalue weighted by atomic mass is 9.97. The van der Waals surface area contributed by atoms with E-state index in [9.17, 15) is 0 Å². The maximum Gasteiger partial charge on any atom is 0.142 e. The van der Waals surface area contributed by atoms with E-state index in [2.05, 4.69) is 15.3 Å². The van der Waals surface area contributed by atoms with E-state index in [-0.39, 0.29) is 0 Å². The minimum Gasteiger partial charge on any atom is -0.340 e. The van der Waals surface area contributed by atoms with E-state index in [1.54, 1.807) is 6.33 Å². The molecular formula is C17H16ClN3S. The molecule has 2 heterocycles. The van der Waals surface area contributed by atoms with Crippen LogP contribution in [-0.4, -0.2) is 9.97 Å². The Morgan fingerprint density at radius 2 is 2.05 bits per heavy atom. The molecule has 112 valence electrons. The first-order valence-electron chi connectivity index (χ1n) is 7.51. The van der Waals surface area contributed by atoms with E-state index in [1.807, 2.05) is 36.5 Å². The maximum atomic E-state index is 6.22. The summed E-state index contributed by atoms with van der Waals surface area (Å²) >= 11 is 8.03. The molecule has 3 aromatic rings. The molecule has 0 atom stereocenters. The van der Waals surface area contributed by atoms with Crippen LogP contribution in [-0.2, 0) is 12.8 Å². The highest BCUT2D eigenvalue weighted by Crippen LogP contribution is 2.39. The number of nitrogens with one attached hydrogen (secondary N) is 1. The number of anilines is 2. The van der Waals surface area contributed by atoms with Crippen LogP contribution in [0.5, 0.6) is 0 Å². The Labute approximate surface area is 138 Å². The molecule has 1 aliphatic rings. The number of rotatable bonds is 2. The van der Waals surface area contributed by atoms with Gasteiger partial charge in [0.05, 0.1) is 5.39 Å². The SMILES string of the molecule is Cc1ccc(Nc2ncnc3sc4c(c23)CCCC4)cc1Cl. The molecule has 1 N–H and O–H groups in total. The fourth-order valence-electron chi connectivity index (χ4n) is 2.99. The van der Waals surface area contributed by atoms with E-state index in [0.717, 1.165) is 33.3 Å². The summed E-state index contributed by atoms with van der Waals surface area (Å²) in [4.78, 5) is 11.5. The van der Waals surface area contributed by atoms with Crippen LogP contribution in [0.15, 0.2) is 24.5 Å². The number of hydrogen-bond acceptors (Lipinski definition) is 4. The van der Waals surface area contributed by atoms with Crippen LogP contribution in [0.2, 0.25) is 5.02 Å². The average Bonchev–Trinajstić information content (AvgIpc) is 2.90. The highest BCUT2D eigenvalue weighted by atomic mass is 35.5. The van der Waals surface area contributed by atoms with Crippen molar-refractivity contribution < 1.29 is 0 Å². The van der Waals surface area contributed by atoms with Crippen LogP contribution >= 0.6 is 22.9 Å². The van der Waals surface area contributed by atoms with Crippen molar-refractivity contribution in [2.24, 2.45) is 0 Å². The smallest absolute Gasteiger partial charge is 0.142 e. The van der Waals surface area contributed by atoms with Crippen molar-refractivity contribution in [3.63, 3.8) is 0 Å². The van der Waals surface area contributed by atoms with Gasteiger partial charge in [-0.05, 0) is 55.9 Å². The first-order valence-corrected chi connectivity index (χ1v) is 8.70. The fraction of sp³-hybridized carbons (Fsp3) is 0.294. The number of thiophene rings is 1. The molecule has 4 rings (SSSR count). The molecule has 0 amide bonds. The summed E-state index contributed by atoms with van der Waals surface area (Å²) in [5.74, 6) is 0.893. The summed E-state index contributed by atoms with van der Waals surface area (Å²) in [7, 11) is 0. The molecule has 5 heteroatoms. The van der Waals surface area contributed by atoms with Crippen LogP contribution < -0.4 is 5.32 Å². The first-order chi connectivity index (χ1) is 10.7. The number of halogens is 1. The molecule has 0 saturated carbocycles. The highest BCUT2D eigenvalue weighted by molar-refractivity contribution is 7.19. The lowest BCUT2D eigenvalue weighted by molar-refractivity contribution is 0.700. The van der Waals surface area contributed by atoms with Crippen molar-refractivity contribution in [3.8, 4) is 0 Å². The quantitative estimate of drug-likeness (QED) is 0.695. The van der Waals surface area contributed by atoms with Crippen molar-refractivity contribution in [1.29, 1.82) is 0 Å². The van der Waals surface area contributed by atoms with Gasteiger partial charge in [0.25, 0.3) is 0 Å². The van der Waals surface area contributed by atoms with Gasteiger partial charge in [0.2, 0.25) is 0 Å². The monoisotopic (exact) mass is 329 g/mol. The van der Waals surface area contributed by atoms with Crippen LogP contribution in [0.25, 0.3) is 10.2 Å². The molecule has 2 aromatic heterocycles. The van der Waals surface area contributed by atoms with Crippen molar-refractivity contribution in [2.75, 3.05) is 5.32 Å². The average molecular weight is 330 g/mol. The predicted molar refractivity (Wildman–Crippen MR) is 93.5 cm³/mol. The second-order valence-electron chi connectivity index (χ2n) is 5.70. The third-order valence-corrected chi connectivity index (χ3v) is 5.79. The normalized spacial score (nSPS) is 14.1. The van der Waals surface area contributed by atoms with E-state index < -0.39 is 0 Å². The second kappa shape index (κ2) is 5.52. The van der Waals surface area contributed by atoms with Gasteiger partial charge in [0.15, 0.2) is 0 Å². The summed E-state index contributed by atoms with van der Waals surface area (Å²) in [6.45, 7) is 2.00. The molecule has 0 unspecified atom stereocenters. The van der Waals surface area contributed by atoms with E-state index in [1.165, 1.54) is 35.1 Å². The Balaban J connectivity index is 1.81. The molecule has 0 spiro atoms. The second-order valence-corrected chi connectivity index (χ2v) is 7.19. The summed E-state index contributed by atoms with van der Waals surface area (Å²) in [6.07, 6.45) is 6.48. The molecule has 3 nitrogen and oxygen atoms in total. The third-order valence-electron chi connectivity index (χ3n) is 4.19. The summed E-state index contributed by atoms with van der Waals surface area (Å²) in [5, 5.41) is 5.38. The van der Waals surface area contributed by atoms with Gasteiger partial charge < -0.3 is 5.32 Å². The van der Waals surface area contributed by atoms with Gasteiger partial charge in [0.1, 0.15) is 17.0 Å². The topological polar surface area (TPSA) is 37.8 Å². The maximum absolute atomic E-state index is 6.22. The van der Waals surface area contributed by atoms with E-state index >= 15 is 0 Å². The molecule has 0 aliphatic heterocycles. The lowest BCUT2D eigenvalue weighted by Crippen LogP contribution is -2.01. The van der Waals surface area contributed by atoms with Crippen LogP contribution in [0.3, 0.4) is 0 Å². The molecule has 0 bridgehead atoms. The molecular weight excluding hydrogens is 314 g/mol. The molecule has 22 heavy (non-hydrogen) atoms. The largest absolute Gasteiger partial charge is 0.340 e. The number of nitrogens with zero attached hydrogens (tertiary/aromatic N) is 2. The van der Waals surface area contributed by atoms with Crippen LogP contribution in [0, 0.1) is 6.92 Å². The Morgan fingerprint density at radius 1 is 1.18 bits per heavy atom.